The van der Waals surface area contributed by atoms with E-state index in [-0.39, 0.29) is 53.3 Å². The van der Waals surface area contributed by atoms with Gasteiger partial charge in [0, 0.05) is 30.2 Å². The van der Waals surface area contributed by atoms with Crippen LogP contribution in [-0.2, 0) is 45.9 Å². The van der Waals surface area contributed by atoms with E-state index < -0.39 is 26.8 Å². The number of nitrogens with one attached hydrogen (secondary N) is 2. The van der Waals surface area contributed by atoms with Crippen LogP contribution in [0.1, 0.15) is 29.4 Å². The van der Waals surface area contributed by atoms with Crippen LogP contribution in [0.15, 0.2) is 65.6 Å². The predicted octanol–water partition coefficient (Wildman–Crippen LogP) is 2.39. The monoisotopic (exact) mass is 613 g/mol. The molecule has 0 unspecified atom stereocenters. The van der Waals surface area contributed by atoms with Crippen LogP contribution < -0.4 is 15.8 Å². The van der Waals surface area contributed by atoms with Gasteiger partial charge in [0.1, 0.15) is 16.5 Å². The molecule has 0 aliphatic carbocycles. The molecule has 0 aliphatic heterocycles. The summed E-state index contributed by atoms with van der Waals surface area (Å²) in [5.41, 5.74) is 10.0. The summed E-state index contributed by atoms with van der Waals surface area (Å²) in [7, 11) is -6.61. The first-order valence-electron chi connectivity index (χ1n) is 12.1. The summed E-state index contributed by atoms with van der Waals surface area (Å²) in [6.45, 7) is 2.49. The van der Waals surface area contributed by atoms with Crippen LogP contribution in [0.3, 0.4) is 0 Å². The molecule has 0 bridgehead atoms. The molecule has 1 aromatic heterocycles. The Balaban J connectivity index is 0.00000441. The van der Waals surface area contributed by atoms with E-state index in [9.17, 15) is 21.6 Å². The second-order valence-corrected chi connectivity index (χ2v) is 11.8. The summed E-state index contributed by atoms with van der Waals surface area (Å²) in [6, 6.07) is 16.3. The van der Waals surface area contributed by atoms with Gasteiger partial charge >= 0.3 is 35.6 Å². The third kappa shape index (κ3) is 7.64. The molecule has 0 spiro atoms. The molecule has 4 N–H and O–H groups in total. The first-order chi connectivity index (χ1) is 18.6. The molecule has 0 fully saturated rings. The van der Waals surface area contributed by atoms with Gasteiger partial charge < -0.3 is 11.1 Å². The van der Waals surface area contributed by atoms with Gasteiger partial charge in [-0.15, -0.1) is 0 Å². The van der Waals surface area contributed by atoms with Crippen molar-refractivity contribution < 1.29 is 21.6 Å². The topological polar surface area (TPSA) is 153 Å². The maximum atomic E-state index is 12.4. The number of thiol groups is 1. The van der Waals surface area contributed by atoms with Gasteiger partial charge in [0.05, 0.1) is 21.7 Å². The van der Waals surface area contributed by atoms with Crippen molar-refractivity contribution in [3.8, 4) is 5.69 Å². The molecule has 2 amide bonds. The zero-order valence-electron chi connectivity index (χ0n) is 21.1. The molecule has 0 saturated carbocycles. The Kier molecular flexibility index (Phi) is 11.2. The fourth-order valence-corrected chi connectivity index (χ4v) is 5.92. The Hall–Kier alpha value is -2.45. The quantitative estimate of drug-likeness (QED) is 0.158. The number of carbonyl (C=O) groups is 1. The van der Waals surface area contributed by atoms with Crippen LogP contribution in [0, 0.1) is 0 Å². The number of imidazole rings is 1. The molecule has 40 heavy (non-hydrogen) atoms. The van der Waals surface area contributed by atoms with E-state index in [2.05, 4.69) is 10.3 Å². The number of halogens is 1. The summed E-state index contributed by atoms with van der Waals surface area (Å²) in [5, 5.41) is 2.93. The molecular formula is C26H29ClN5NaO5S2. The molecule has 208 valence electrons. The molecule has 3 aromatic carbocycles. The van der Waals surface area contributed by atoms with Crippen LogP contribution in [0.4, 0.5) is 4.79 Å². The Labute approximate surface area is 261 Å². The first-order valence-corrected chi connectivity index (χ1v) is 15.3. The van der Waals surface area contributed by atoms with Gasteiger partial charge in [-0.2, -0.15) is 0 Å². The van der Waals surface area contributed by atoms with Gasteiger partial charge in [-0.1, -0.05) is 42.8 Å². The van der Waals surface area contributed by atoms with Crippen LogP contribution in [-0.4, -0.2) is 68.5 Å². The van der Waals surface area contributed by atoms with Crippen LogP contribution in [0.5, 0.6) is 0 Å². The van der Waals surface area contributed by atoms with Crippen LogP contribution in [0.25, 0.3) is 16.7 Å². The summed E-state index contributed by atoms with van der Waals surface area (Å²) in [4.78, 5) is 16.8. The Morgan fingerprint density at radius 3 is 2.30 bits per heavy atom. The predicted molar refractivity (Wildman–Crippen MR) is 158 cm³/mol. The number of nitrogens with two attached hydrogens (primary N) is 1. The van der Waals surface area contributed by atoms with E-state index in [0.29, 0.717) is 28.9 Å². The van der Waals surface area contributed by atoms with E-state index in [1.165, 1.54) is 12.1 Å². The van der Waals surface area contributed by atoms with Gasteiger partial charge in [-0.25, -0.2) is 31.3 Å². The van der Waals surface area contributed by atoms with Crippen molar-refractivity contribution >= 4 is 79.0 Å². The zero-order valence-corrected chi connectivity index (χ0v) is 23.5. The van der Waals surface area contributed by atoms with Crippen molar-refractivity contribution in [2.24, 2.45) is 5.73 Å². The minimum absolute atomic E-state index is 0. The molecule has 0 saturated heterocycles. The Morgan fingerprint density at radius 2 is 1.70 bits per heavy atom. The number of urea groups is 1. The number of benzene rings is 3. The number of aryl methyl sites for hydroxylation is 1. The molecule has 14 heteroatoms. The van der Waals surface area contributed by atoms with E-state index >= 15 is 0 Å². The third-order valence-electron chi connectivity index (χ3n) is 6.10. The van der Waals surface area contributed by atoms with Crippen molar-refractivity contribution in [1.82, 2.24) is 19.6 Å². The number of rotatable bonds is 10. The SMILES string of the molecule is CCc1nc2cc(C[SH](=O)=O)c(Cl)cc2n1-c1ccc(CCNC(=O)NS(=O)(=O)c2ccc(CN)cc2)cc1.[NaH]. The number of hydrogen-bond donors (Lipinski definition) is 4. The minimum atomic E-state index is -4.00. The fraction of sp³-hybridized carbons (Fsp3) is 0.231. The van der Waals surface area contributed by atoms with Gasteiger partial charge in [-0.05, 0) is 59.5 Å². The number of amides is 2. The Bertz CT molecular complexity index is 1680. The van der Waals surface area contributed by atoms with Crippen molar-refractivity contribution in [2.45, 2.75) is 37.0 Å². The average molecular weight is 614 g/mol. The van der Waals surface area contributed by atoms with Crippen LogP contribution >= 0.6 is 11.6 Å². The molecule has 0 aliphatic rings. The van der Waals surface area contributed by atoms with Gasteiger partial charge in [0.25, 0.3) is 10.0 Å². The molecule has 0 radical (unpaired) electrons. The second kappa shape index (κ2) is 13.9. The van der Waals surface area contributed by atoms with Crippen molar-refractivity contribution in [2.75, 3.05) is 6.54 Å². The van der Waals surface area contributed by atoms with E-state index in [1.54, 1.807) is 24.3 Å². The molecule has 0 atom stereocenters. The summed E-state index contributed by atoms with van der Waals surface area (Å²) in [5.74, 6) is 0.655. The summed E-state index contributed by atoms with van der Waals surface area (Å²) >= 11 is 6.36. The van der Waals surface area contributed by atoms with Crippen molar-refractivity contribution in [3.63, 3.8) is 0 Å². The summed E-state index contributed by atoms with van der Waals surface area (Å²) in [6.07, 6.45) is 1.13. The maximum absolute atomic E-state index is 12.4. The van der Waals surface area contributed by atoms with Crippen molar-refractivity contribution in [1.29, 1.82) is 0 Å². The van der Waals surface area contributed by atoms with E-state index in [4.69, 9.17) is 17.3 Å². The number of carbonyl (C=O) groups excluding carboxylic acids is 1. The zero-order chi connectivity index (χ0) is 28.2. The normalized spacial score (nSPS) is 11.4. The summed E-state index contributed by atoms with van der Waals surface area (Å²) < 4.78 is 51.2. The van der Waals surface area contributed by atoms with E-state index in [1.807, 2.05) is 40.5 Å². The van der Waals surface area contributed by atoms with E-state index in [0.717, 1.165) is 28.2 Å². The number of sulfonamides is 1. The number of hydrogen-bond acceptors (Lipinski definition) is 7. The molecule has 4 rings (SSSR count). The Morgan fingerprint density at radius 1 is 1.05 bits per heavy atom. The number of aromatic nitrogens is 2. The van der Waals surface area contributed by atoms with Crippen molar-refractivity contribution in [3.05, 3.63) is 88.2 Å². The molecule has 4 aromatic rings. The molecular weight excluding hydrogens is 585 g/mol. The van der Waals surface area contributed by atoms with Gasteiger partial charge in [0.15, 0.2) is 0 Å². The second-order valence-electron chi connectivity index (χ2n) is 8.77. The first kappa shape index (κ1) is 32.1. The standard InChI is InChI=1S/C26H28ClN5O5S2.Na.H/c1-2-25-30-23-13-19(16-38(34)35)22(27)14-24(23)32(25)20-7-3-17(4-8-20)11-12-29-26(33)31-39(36,37)21-9-5-18(15-28)6-10-21;;/h3-10,13-14,38H,2,11-12,15-16,28H2,1H3,(H2,29,31,33);;. The molecule has 1 heterocycles. The fourth-order valence-electron chi connectivity index (χ4n) is 4.13. The number of nitrogens with zero attached hydrogens (tertiary/aromatic N) is 2. The average Bonchev–Trinajstić information content (AvgIpc) is 3.26. The molecule has 10 nitrogen and oxygen atoms in total. The van der Waals surface area contributed by atoms with Gasteiger partial charge in [-0.3, -0.25) is 4.57 Å². The van der Waals surface area contributed by atoms with Gasteiger partial charge in [0.2, 0.25) is 0 Å². The van der Waals surface area contributed by atoms with Crippen LogP contribution in [0.2, 0.25) is 5.02 Å². The number of fused-ring (bicyclic) bond motifs is 1. The third-order valence-corrected chi connectivity index (χ3v) is 8.40.